The molecule has 0 unspecified atom stereocenters. The van der Waals surface area contributed by atoms with Gasteiger partial charge in [-0.15, -0.1) is 0 Å². The largest absolute Gasteiger partial charge is 0.416 e. The summed E-state index contributed by atoms with van der Waals surface area (Å²) in [7, 11) is 0. The van der Waals surface area contributed by atoms with E-state index in [0.717, 1.165) is 12.1 Å². The van der Waals surface area contributed by atoms with Gasteiger partial charge in [0, 0.05) is 22.7 Å². The molecule has 0 radical (unpaired) electrons. The first kappa shape index (κ1) is 20.7. The van der Waals surface area contributed by atoms with E-state index in [1.807, 2.05) is 0 Å². The fourth-order valence-electron chi connectivity index (χ4n) is 2.57. The Hall–Kier alpha value is -4.01. The predicted octanol–water partition coefficient (Wildman–Crippen LogP) is 5.99. The predicted molar refractivity (Wildman–Crippen MR) is 110 cm³/mol. The average Bonchev–Trinajstić information content (AvgIpc) is 2.68. The number of halogens is 3. The molecule has 30 heavy (non-hydrogen) atoms. The molecule has 0 saturated carbocycles. The highest BCUT2D eigenvalue weighted by atomic mass is 19.4. The summed E-state index contributed by atoms with van der Waals surface area (Å²) < 4.78 is 39.8. The van der Waals surface area contributed by atoms with E-state index in [0.29, 0.717) is 11.4 Å². The van der Waals surface area contributed by atoms with Gasteiger partial charge in [-0.25, -0.2) is 9.59 Å². The summed E-state index contributed by atoms with van der Waals surface area (Å²) in [4.78, 5) is 24.2. The fraction of sp³-hybridized carbons (Fsp3) is 0.0476. The summed E-state index contributed by atoms with van der Waals surface area (Å²) in [5.74, 6) is 0. The van der Waals surface area contributed by atoms with Crippen LogP contribution in [0.3, 0.4) is 0 Å². The van der Waals surface area contributed by atoms with Crippen LogP contribution in [-0.4, -0.2) is 12.1 Å². The molecule has 0 bridgehead atoms. The van der Waals surface area contributed by atoms with Gasteiger partial charge >= 0.3 is 18.2 Å². The molecule has 0 aliphatic heterocycles. The van der Waals surface area contributed by atoms with Gasteiger partial charge in [-0.05, 0) is 42.5 Å². The quantitative estimate of drug-likeness (QED) is 0.423. The van der Waals surface area contributed by atoms with Gasteiger partial charge < -0.3 is 21.3 Å². The number of amides is 4. The number of alkyl halides is 3. The second kappa shape index (κ2) is 8.99. The van der Waals surface area contributed by atoms with E-state index >= 15 is 0 Å². The van der Waals surface area contributed by atoms with Crippen molar-refractivity contribution in [3.8, 4) is 0 Å². The van der Waals surface area contributed by atoms with Crippen molar-refractivity contribution in [1.82, 2.24) is 0 Å². The smallest absolute Gasteiger partial charge is 0.308 e. The number of carbonyl (C=O) groups is 2. The average molecular weight is 414 g/mol. The Morgan fingerprint density at radius 2 is 0.933 bits per heavy atom. The number of carbonyl (C=O) groups excluding carboxylic acids is 2. The van der Waals surface area contributed by atoms with E-state index < -0.39 is 23.8 Å². The number of hydrogen-bond donors (Lipinski definition) is 4. The Bertz CT molecular complexity index is 952. The zero-order chi connectivity index (χ0) is 21.6. The lowest BCUT2D eigenvalue weighted by atomic mass is 10.1. The molecule has 154 valence electrons. The number of hydrogen-bond acceptors (Lipinski definition) is 2. The first-order valence-electron chi connectivity index (χ1n) is 8.78. The van der Waals surface area contributed by atoms with Crippen LogP contribution in [0.2, 0.25) is 0 Å². The lowest BCUT2D eigenvalue weighted by Crippen LogP contribution is -2.22. The van der Waals surface area contributed by atoms with E-state index in [-0.39, 0.29) is 11.4 Å². The molecule has 6 nitrogen and oxygen atoms in total. The lowest BCUT2D eigenvalue weighted by molar-refractivity contribution is -0.137. The van der Waals surface area contributed by atoms with Crippen molar-refractivity contribution in [1.29, 1.82) is 0 Å². The van der Waals surface area contributed by atoms with E-state index in [1.54, 1.807) is 60.7 Å². The van der Waals surface area contributed by atoms with Crippen molar-refractivity contribution in [2.24, 2.45) is 0 Å². The number of nitrogens with one attached hydrogen (secondary N) is 4. The van der Waals surface area contributed by atoms with Crippen LogP contribution in [0.15, 0.2) is 78.9 Å². The van der Waals surface area contributed by atoms with Gasteiger partial charge in [-0.2, -0.15) is 13.2 Å². The first-order chi connectivity index (χ1) is 14.3. The van der Waals surface area contributed by atoms with Gasteiger partial charge in [-0.1, -0.05) is 36.4 Å². The zero-order valence-corrected chi connectivity index (χ0v) is 15.5. The normalized spacial score (nSPS) is 10.8. The minimum Gasteiger partial charge on any atom is -0.308 e. The summed E-state index contributed by atoms with van der Waals surface area (Å²) in [5, 5.41) is 9.71. The molecule has 3 rings (SSSR count). The summed E-state index contributed by atoms with van der Waals surface area (Å²) in [6, 6.07) is 18.2. The van der Waals surface area contributed by atoms with Crippen molar-refractivity contribution in [2.75, 3.05) is 21.3 Å². The molecule has 0 spiro atoms. The van der Waals surface area contributed by atoms with Crippen LogP contribution in [0, 0.1) is 0 Å². The van der Waals surface area contributed by atoms with Gasteiger partial charge in [0.2, 0.25) is 0 Å². The van der Waals surface area contributed by atoms with E-state index in [1.165, 1.54) is 6.07 Å². The number of para-hydroxylation sites is 2. The SMILES string of the molecule is O=C(Nc1ccccc1)Nc1cc(NC(=O)Nc2ccccc2)cc(C(F)(F)F)c1. The van der Waals surface area contributed by atoms with E-state index in [4.69, 9.17) is 0 Å². The van der Waals surface area contributed by atoms with Gasteiger partial charge in [0.15, 0.2) is 0 Å². The standard InChI is InChI=1S/C21H17F3N4O2/c22-21(23,24)14-11-17(27-19(29)25-15-7-3-1-4-8-15)13-18(12-14)28-20(30)26-16-9-5-2-6-10-16/h1-13H,(H2,25,27,29)(H2,26,28,30). The van der Waals surface area contributed by atoms with Crippen LogP contribution < -0.4 is 21.3 Å². The molecule has 0 aliphatic rings. The molecule has 3 aromatic carbocycles. The van der Waals surface area contributed by atoms with Crippen LogP contribution in [0.25, 0.3) is 0 Å². The highest BCUT2D eigenvalue weighted by molar-refractivity contribution is 6.02. The van der Waals surface area contributed by atoms with E-state index in [2.05, 4.69) is 21.3 Å². The summed E-state index contributed by atoms with van der Waals surface area (Å²) in [6.45, 7) is 0. The first-order valence-corrected chi connectivity index (χ1v) is 8.78. The van der Waals surface area contributed by atoms with Crippen LogP contribution in [0.5, 0.6) is 0 Å². The van der Waals surface area contributed by atoms with Crippen LogP contribution >= 0.6 is 0 Å². The molecule has 0 aliphatic carbocycles. The van der Waals surface area contributed by atoms with Gasteiger partial charge in [0.25, 0.3) is 0 Å². The Morgan fingerprint density at radius 3 is 1.30 bits per heavy atom. The molecule has 0 fully saturated rings. The summed E-state index contributed by atoms with van der Waals surface area (Å²) in [5.41, 5.74) is -0.332. The molecule has 0 heterocycles. The summed E-state index contributed by atoms with van der Waals surface area (Å²) >= 11 is 0. The number of benzene rings is 3. The van der Waals surface area contributed by atoms with Crippen molar-refractivity contribution in [3.63, 3.8) is 0 Å². The Labute approximate surface area is 170 Å². The number of urea groups is 2. The Morgan fingerprint density at radius 1 is 0.567 bits per heavy atom. The van der Waals surface area contributed by atoms with Crippen molar-refractivity contribution in [2.45, 2.75) is 6.18 Å². The van der Waals surface area contributed by atoms with Gasteiger partial charge in [-0.3, -0.25) is 0 Å². The second-order valence-electron chi connectivity index (χ2n) is 6.19. The van der Waals surface area contributed by atoms with Gasteiger partial charge in [0.1, 0.15) is 0 Å². The summed E-state index contributed by atoms with van der Waals surface area (Å²) in [6.07, 6.45) is -4.67. The van der Waals surface area contributed by atoms with E-state index in [9.17, 15) is 22.8 Å². The molecule has 3 aromatic rings. The van der Waals surface area contributed by atoms with Crippen molar-refractivity contribution < 1.29 is 22.8 Å². The molecule has 4 N–H and O–H groups in total. The Kier molecular flexibility index (Phi) is 6.21. The fourth-order valence-corrected chi connectivity index (χ4v) is 2.57. The highest BCUT2D eigenvalue weighted by Gasteiger charge is 2.31. The second-order valence-corrected chi connectivity index (χ2v) is 6.19. The van der Waals surface area contributed by atoms with Crippen molar-refractivity contribution >= 4 is 34.8 Å². The molecule has 9 heteroatoms. The topological polar surface area (TPSA) is 82.3 Å². The van der Waals surface area contributed by atoms with Crippen LogP contribution in [-0.2, 0) is 6.18 Å². The molecular formula is C21H17F3N4O2. The third-order valence-corrected chi connectivity index (χ3v) is 3.84. The van der Waals surface area contributed by atoms with Crippen molar-refractivity contribution in [3.05, 3.63) is 84.4 Å². The Balaban J connectivity index is 1.76. The van der Waals surface area contributed by atoms with Crippen LogP contribution in [0.4, 0.5) is 45.5 Å². The molecular weight excluding hydrogens is 397 g/mol. The monoisotopic (exact) mass is 414 g/mol. The maximum Gasteiger partial charge on any atom is 0.416 e. The molecule has 0 saturated heterocycles. The third kappa shape index (κ3) is 5.99. The maximum absolute atomic E-state index is 13.3. The molecule has 0 aromatic heterocycles. The molecule has 0 atom stereocenters. The lowest BCUT2D eigenvalue weighted by Gasteiger charge is -2.14. The molecule has 4 amide bonds. The van der Waals surface area contributed by atoms with Crippen LogP contribution in [0.1, 0.15) is 5.56 Å². The highest BCUT2D eigenvalue weighted by Crippen LogP contribution is 2.33. The number of anilines is 4. The minimum absolute atomic E-state index is 0.131. The third-order valence-electron chi connectivity index (χ3n) is 3.84. The maximum atomic E-state index is 13.3. The number of rotatable bonds is 4. The minimum atomic E-state index is -4.67. The zero-order valence-electron chi connectivity index (χ0n) is 15.5. The van der Waals surface area contributed by atoms with Gasteiger partial charge in [0.05, 0.1) is 5.56 Å².